The second-order valence-corrected chi connectivity index (χ2v) is 5.94. The summed E-state index contributed by atoms with van der Waals surface area (Å²) >= 11 is 0. The van der Waals surface area contributed by atoms with Gasteiger partial charge in [-0.2, -0.15) is 8.42 Å². The lowest BCUT2D eigenvalue weighted by Gasteiger charge is -2.31. The van der Waals surface area contributed by atoms with E-state index >= 15 is 0 Å². The van der Waals surface area contributed by atoms with Crippen molar-refractivity contribution in [1.29, 1.82) is 0 Å². The number of carbonyl (C=O) groups is 1. The Kier molecular flexibility index (Phi) is 7.16. The molecule has 1 N–H and O–H groups in total. The summed E-state index contributed by atoms with van der Waals surface area (Å²) in [5.41, 5.74) is -0.225. The molecular formula is C12H22O5S. The van der Waals surface area contributed by atoms with Crippen LogP contribution in [0.2, 0.25) is 0 Å². The molecule has 0 atom stereocenters. The third-order valence-corrected chi connectivity index (χ3v) is 4.15. The molecule has 0 radical (unpaired) electrons. The van der Waals surface area contributed by atoms with Gasteiger partial charge in [-0.05, 0) is 18.3 Å². The fourth-order valence-electron chi connectivity index (χ4n) is 1.85. The summed E-state index contributed by atoms with van der Waals surface area (Å²) < 4.78 is 35.3. The van der Waals surface area contributed by atoms with Crippen LogP contribution in [0.3, 0.4) is 0 Å². The molecule has 6 heteroatoms. The van der Waals surface area contributed by atoms with Crippen molar-refractivity contribution in [3.63, 3.8) is 0 Å². The zero-order valence-corrected chi connectivity index (χ0v) is 11.8. The maximum atomic E-state index is 10.9. The number of hydrogen-bond donors (Lipinski definition) is 1. The van der Waals surface area contributed by atoms with Gasteiger partial charge in [-0.1, -0.05) is 33.3 Å². The van der Waals surface area contributed by atoms with Crippen molar-refractivity contribution in [2.75, 3.05) is 12.4 Å². The van der Waals surface area contributed by atoms with Crippen LogP contribution in [0.5, 0.6) is 0 Å². The summed E-state index contributed by atoms with van der Waals surface area (Å²) in [6.07, 6.45) is 3.58. The lowest BCUT2D eigenvalue weighted by atomic mass is 9.77. The quantitative estimate of drug-likeness (QED) is 0.397. The lowest BCUT2D eigenvalue weighted by molar-refractivity contribution is -0.138. The summed E-state index contributed by atoms with van der Waals surface area (Å²) in [5, 5.41) is 0. The van der Waals surface area contributed by atoms with Crippen molar-refractivity contribution in [3.05, 3.63) is 12.7 Å². The molecule has 5 nitrogen and oxygen atoms in total. The van der Waals surface area contributed by atoms with Gasteiger partial charge in [0.15, 0.2) is 0 Å². The Labute approximate surface area is 109 Å². The fourth-order valence-corrected chi connectivity index (χ4v) is 2.55. The van der Waals surface area contributed by atoms with Gasteiger partial charge in [-0.15, -0.1) is 0 Å². The highest BCUT2D eigenvalue weighted by atomic mass is 32.2. The van der Waals surface area contributed by atoms with E-state index in [0.717, 1.165) is 18.9 Å². The molecule has 0 fully saturated rings. The Balaban J connectivity index is 4.42. The van der Waals surface area contributed by atoms with E-state index in [1.807, 2.05) is 13.8 Å². The van der Waals surface area contributed by atoms with E-state index in [0.29, 0.717) is 12.8 Å². The van der Waals surface area contributed by atoms with Crippen molar-refractivity contribution in [3.8, 4) is 0 Å². The smallest absolute Gasteiger partial charge is 0.330 e. The number of ether oxygens (including phenoxy) is 1. The van der Waals surface area contributed by atoms with Gasteiger partial charge >= 0.3 is 5.97 Å². The summed E-state index contributed by atoms with van der Waals surface area (Å²) in [6, 6.07) is 0. The Bertz CT molecular complexity index is 368. The standard InChI is InChI=1S/C12H22O5S/c1-4-11(13)17-9-7-12(5-2,6-3)8-10-18(14,15)16/h4H,1,5-10H2,2-3H3,(H,14,15,16). The first-order chi connectivity index (χ1) is 8.28. The zero-order valence-electron chi connectivity index (χ0n) is 11.0. The average Bonchev–Trinajstić information content (AvgIpc) is 2.32. The largest absolute Gasteiger partial charge is 0.463 e. The second-order valence-electron chi connectivity index (χ2n) is 4.36. The molecule has 0 heterocycles. The van der Waals surface area contributed by atoms with Crippen LogP contribution in [-0.4, -0.2) is 31.3 Å². The van der Waals surface area contributed by atoms with Crippen LogP contribution in [0.4, 0.5) is 0 Å². The predicted molar refractivity (Wildman–Crippen MR) is 69.8 cm³/mol. The second kappa shape index (κ2) is 7.53. The first-order valence-corrected chi connectivity index (χ1v) is 7.64. The van der Waals surface area contributed by atoms with Gasteiger partial charge in [-0.3, -0.25) is 4.55 Å². The van der Waals surface area contributed by atoms with Crippen LogP contribution >= 0.6 is 0 Å². The molecule has 0 aromatic carbocycles. The molecule has 0 aromatic rings. The molecule has 0 aliphatic heterocycles. The topological polar surface area (TPSA) is 80.7 Å². The van der Waals surface area contributed by atoms with Crippen molar-refractivity contribution >= 4 is 16.1 Å². The minimum absolute atomic E-state index is 0.225. The Morgan fingerprint density at radius 2 is 1.89 bits per heavy atom. The molecule has 0 saturated heterocycles. The van der Waals surface area contributed by atoms with Crippen LogP contribution in [0.15, 0.2) is 12.7 Å². The molecule has 0 aliphatic rings. The van der Waals surface area contributed by atoms with Crippen molar-refractivity contribution in [2.24, 2.45) is 5.41 Å². The molecule has 0 amide bonds. The number of rotatable bonds is 9. The van der Waals surface area contributed by atoms with Crippen LogP contribution < -0.4 is 0 Å². The molecule has 0 aliphatic carbocycles. The van der Waals surface area contributed by atoms with E-state index in [2.05, 4.69) is 6.58 Å². The Morgan fingerprint density at radius 1 is 1.33 bits per heavy atom. The number of esters is 1. The van der Waals surface area contributed by atoms with Gasteiger partial charge in [0.25, 0.3) is 10.1 Å². The maximum Gasteiger partial charge on any atom is 0.330 e. The molecule has 0 rings (SSSR count). The third kappa shape index (κ3) is 6.76. The van der Waals surface area contributed by atoms with E-state index in [9.17, 15) is 13.2 Å². The Hall–Kier alpha value is -0.880. The minimum Gasteiger partial charge on any atom is -0.463 e. The summed E-state index contributed by atoms with van der Waals surface area (Å²) in [6.45, 7) is 7.45. The molecular weight excluding hydrogens is 256 g/mol. The van der Waals surface area contributed by atoms with E-state index in [1.54, 1.807) is 0 Å². The molecule has 0 saturated carbocycles. The first kappa shape index (κ1) is 17.1. The normalized spacial score (nSPS) is 12.2. The van der Waals surface area contributed by atoms with Crippen LogP contribution in [0.1, 0.15) is 39.5 Å². The monoisotopic (exact) mass is 278 g/mol. The van der Waals surface area contributed by atoms with E-state index < -0.39 is 16.1 Å². The van der Waals surface area contributed by atoms with Crippen LogP contribution in [0.25, 0.3) is 0 Å². The van der Waals surface area contributed by atoms with Gasteiger partial charge < -0.3 is 4.74 Å². The summed E-state index contributed by atoms with van der Waals surface area (Å²) in [5.74, 6) is -0.740. The molecule has 0 unspecified atom stereocenters. The van der Waals surface area contributed by atoms with E-state index in [4.69, 9.17) is 9.29 Å². The molecule has 0 bridgehead atoms. The van der Waals surface area contributed by atoms with Gasteiger partial charge in [-0.25, -0.2) is 4.79 Å². The summed E-state index contributed by atoms with van der Waals surface area (Å²) in [4.78, 5) is 10.9. The minimum atomic E-state index is -3.95. The first-order valence-electron chi connectivity index (χ1n) is 6.03. The van der Waals surface area contributed by atoms with Crippen LogP contribution in [0, 0.1) is 5.41 Å². The maximum absolute atomic E-state index is 10.9. The number of carbonyl (C=O) groups excluding carboxylic acids is 1. The molecule has 0 spiro atoms. The lowest BCUT2D eigenvalue weighted by Crippen LogP contribution is -2.25. The number of hydrogen-bond acceptors (Lipinski definition) is 4. The molecule has 18 heavy (non-hydrogen) atoms. The highest BCUT2D eigenvalue weighted by molar-refractivity contribution is 7.85. The van der Waals surface area contributed by atoms with Gasteiger partial charge in [0.2, 0.25) is 0 Å². The molecule has 0 aromatic heterocycles. The van der Waals surface area contributed by atoms with Crippen molar-refractivity contribution < 1.29 is 22.5 Å². The van der Waals surface area contributed by atoms with Gasteiger partial charge in [0.05, 0.1) is 12.4 Å². The molecule has 106 valence electrons. The van der Waals surface area contributed by atoms with Crippen molar-refractivity contribution in [2.45, 2.75) is 39.5 Å². The Morgan fingerprint density at radius 3 is 2.28 bits per heavy atom. The highest BCUT2D eigenvalue weighted by Gasteiger charge is 2.28. The van der Waals surface area contributed by atoms with Gasteiger partial charge in [0, 0.05) is 6.08 Å². The van der Waals surface area contributed by atoms with E-state index in [-0.39, 0.29) is 17.8 Å². The van der Waals surface area contributed by atoms with Crippen molar-refractivity contribution in [1.82, 2.24) is 0 Å². The van der Waals surface area contributed by atoms with E-state index in [1.165, 1.54) is 0 Å². The zero-order chi connectivity index (χ0) is 14.2. The van der Waals surface area contributed by atoms with Crippen LogP contribution in [-0.2, 0) is 19.6 Å². The predicted octanol–water partition coefficient (Wildman–Crippen LogP) is 2.19. The summed E-state index contributed by atoms with van der Waals surface area (Å²) in [7, 11) is -3.95. The van der Waals surface area contributed by atoms with Gasteiger partial charge in [0.1, 0.15) is 0 Å². The fraction of sp³-hybridized carbons (Fsp3) is 0.750. The third-order valence-electron chi connectivity index (χ3n) is 3.43. The average molecular weight is 278 g/mol. The SMILES string of the molecule is C=CC(=O)OCCC(CC)(CC)CCS(=O)(=O)O. The highest BCUT2D eigenvalue weighted by Crippen LogP contribution is 2.34.